The summed E-state index contributed by atoms with van der Waals surface area (Å²) in [6.45, 7) is 3.86. The van der Waals surface area contributed by atoms with Crippen molar-refractivity contribution in [3.8, 4) is 0 Å². The number of carbonyl (C=O) groups excluding carboxylic acids is 1. The lowest BCUT2D eigenvalue weighted by Gasteiger charge is -2.41. The molecule has 4 heteroatoms. The van der Waals surface area contributed by atoms with E-state index in [1.54, 1.807) is 0 Å². The average molecular weight is 252 g/mol. The molecule has 0 aromatic heterocycles. The van der Waals surface area contributed by atoms with Crippen LogP contribution in [0.15, 0.2) is 0 Å². The van der Waals surface area contributed by atoms with Crippen molar-refractivity contribution in [3.63, 3.8) is 0 Å². The van der Waals surface area contributed by atoms with Gasteiger partial charge in [-0.05, 0) is 45.4 Å². The van der Waals surface area contributed by atoms with Crippen LogP contribution in [0.1, 0.15) is 45.4 Å². The van der Waals surface area contributed by atoms with Crippen molar-refractivity contribution in [1.29, 1.82) is 0 Å². The zero-order valence-corrected chi connectivity index (χ0v) is 11.2. The first kappa shape index (κ1) is 12.4. The van der Waals surface area contributed by atoms with Gasteiger partial charge in [-0.1, -0.05) is 0 Å². The molecule has 1 N–H and O–H groups in total. The van der Waals surface area contributed by atoms with Gasteiger partial charge in [0.1, 0.15) is 0 Å². The number of nitrogens with one attached hydrogen (secondary N) is 1. The Morgan fingerprint density at radius 1 is 1.28 bits per heavy atom. The van der Waals surface area contributed by atoms with Gasteiger partial charge in [0.2, 0.25) is 5.91 Å². The van der Waals surface area contributed by atoms with Crippen molar-refractivity contribution in [3.05, 3.63) is 0 Å². The van der Waals surface area contributed by atoms with E-state index in [1.807, 2.05) is 0 Å². The molecule has 3 aliphatic rings. The topological polar surface area (TPSA) is 41.6 Å². The summed E-state index contributed by atoms with van der Waals surface area (Å²) in [7, 11) is 0. The summed E-state index contributed by atoms with van der Waals surface area (Å²) >= 11 is 0. The number of hydrogen-bond donors (Lipinski definition) is 1. The highest BCUT2D eigenvalue weighted by Crippen LogP contribution is 2.26. The van der Waals surface area contributed by atoms with Crippen molar-refractivity contribution in [2.24, 2.45) is 0 Å². The molecule has 4 nitrogen and oxygen atoms in total. The van der Waals surface area contributed by atoms with E-state index in [0.717, 1.165) is 38.8 Å². The molecule has 0 radical (unpaired) electrons. The van der Waals surface area contributed by atoms with Crippen LogP contribution in [0.2, 0.25) is 0 Å². The number of ether oxygens (including phenoxy) is 1. The summed E-state index contributed by atoms with van der Waals surface area (Å²) in [5.41, 5.74) is 0. The molecule has 2 saturated heterocycles. The average Bonchev–Trinajstić information content (AvgIpc) is 3.16. The maximum Gasteiger partial charge on any atom is 0.239 e. The van der Waals surface area contributed by atoms with Gasteiger partial charge in [0.25, 0.3) is 0 Å². The van der Waals surface area contributed by atoms with E-state index in [1.165, 1.54) is 12.8 Å². The zero-order chi connectivity index (χ0) is 12.5. The number of piperidine rings is 1. The van der Waals surface area contributed by atoms with Crippen LogP contribution in [0, 0.1) is 0 Å². The van der Waals surface area contributed by atoms with E-state index in [-0.39, 0.29) is 6.04 Å². The number of hydrogen-bond acceptors (Lipinski definition) is 3. The first-order valence-electron chi connectivity index (χ1n) is 7.42. The Morgan fingerprint density at radius 2 is 2.11 bits per heavy atom. The standard InChI is InChI=1S/C14H24N2O2/c1-10-9-12(6-8-18-10)16-7-2-3-13(14(16)17)15-11-4-5-11/h10-13,15H,2-9H2,1H3. The van der Waals surface area contributed by atoms with Crippen LogP contribution >= 0.6 is 0 Å². The van der Waals surface area contributed by atoms with Crippen molar-refractivity contribution >= 4 is 5.91 Å². The van der Waals surface area contributed by atoms with Gasteiger partial charge in [-0.15, -0.1) is 0 Å². The van der Waals surface area contributed by atoms with Gasteiger partial charge in [-0.25, -0.2) is 0 Å². The number of amides is 1. The minimum absolute atomic E-state index is 0.0874. The molecule has 0 aromatic rings. The van der Waals surface area contributed by atoms with Crippen LogP contribution in [-0.2, 0) is 9.53 Å². The second kappa shape index (κ2) is 5.17. The highest BCUT2D eigenvalue weighted by Gasteiger charge is 2.37. The minimum atomic E-state index is 0.0874. The maximum absolute atomic E-state index is 12.5. The van der Waals surface area contributed by atoms with Crippen LogP contribution in [0.5, 0.6) is 0 Å². The zero-order valence-electron chi connectivity index (χ0n) is 11.2. The highest BCUT2D eigenvalue weighted by atomic mass is 16.5. The second-order valence-electron chi connectivity index (χ2n) is 6.03. The molecule has 3 atom stereocenters. The lowest BCUT2D eigenvalue weighted by Crippen LogP contribution is -2.56. The predicted octanol–water partition coefficient (Wildman–Crippen LogP) is 1.30. The number of likely N-dealkylation sites (tertiary alicyclic amines) is 1. The Hall–Kier alpha value is -0.610. The van der Waals surface area contributed by atoms with E-state index in [2.05, 4.69) is 17.1 Å². The highest BCUT2D eigenvalue weighted by molar-refractivity contribution is 5.83. The van der Waals surface area contributed by atoms with E-state index >= 15 is 0 Å². The molecular weight excluding hydrogens is 228 g/mol. The summed E-state index contributed by atoms with van der Waals surface area (Å²) in [5, 5.41) is 3.50. The Bertz CT molecular complexity index is 317. The summed E-state index contributed by atoms with van der Waals surface area (Å²) in [4.78, 5) is 14.6. The smallest absolute Gasteiger partial charge is 0.239 e. The quantitative estimate of drug-likeness (QED) is 0.823. The third-order valence-electron chi connectivity index (χ3n) is 4.39. The Balaban J connectivity index is 1.61. The summed E-state index contributed by atoms with van der Waals surface area (Å²) in [5.74, 6) is 0.340. The fourth-order valence-electron chi connectivity index (χ4n) is 3.21. The van der Waals surface area contributed by atoms with E-state index in [0.29, 0.717) is 24.1 Å². The summed E-state index contributed by atoms with van der Waals surface area (Å²) in [6, 6.07) is 1.11. The molecule has 3 fully saturated rings. The van der Waals surface area contributed by atoms with Crippen LogP contribution in [-0.4, -0.2) is 48.2 Å². The van der Waals surface area contributed by atoms with Crippen molar-refractivity contribution < 1.29 is 9.53 Å². The van der Waals surface area contributed by atoms with Crippen LogP contribution in [0.4, 0.5) is 0 Å². The predicted molar refractivity (Wildman–Crippen MR) is 69.3 cm³/mol. The molecule has 3 rings (SSSR count). The lowest BCUT2D eigenvalue weighted by atomic mass is 9.97. The fraction of sp³-hybridized carbons (Fsp3) is 0.929. The SMILES string of the molecule is CC1CC(N2CCCC(NC3CC3)C2=O)CCO1. The number of nitrogens with zero attached hydrogens (tertiary/aromatic N) is 1. The van der Waals surface area contributed by atoms with E-state index in [9.17, 15) is 4.79 Å². The third-order valence-corrected chi connectivity index (χ3v) is 4.39. The lowest BCUT2D eigenvalue weighted by molar-refractivity contribution is -0.141. The van der Waals surface area contributed by atoms with Gasteiger partial charge in [-0.3, -0.25) is 4.79 Å². The van der Waals surface area contributed by atoms with Gasteiger partial charge < -0.3 is 15.0 Å². The molecule has 0 aromatic carbocycles. The molecule has 102 valence electrons. The Kier molecular flexibility index (Phi) is 3.57. The van der Waals surface area contributed by atoms with Crippen molar-refractivity contribution in [2.75, 3.05) is 13.2 Å². The van der Waals surface area contributed by atoms with E-state index < -0.39 is 0 Å². The molecule has 3 unspecified atom stereocenters. The van der Waals surface area contributed by atoms with Gasteiger partial charge in [0.15, 0.2) is 0 Å². The number of carbonyl (C=O) groups is 1. The van der Waals surface area contributed by atoms with Gasteiger partial charge in [-0.2, -0.15) is 0 Å². The van der Waals surface area contributed by atoms with Gasteiger partial charge >= 0.3 is 0 Å². The van der Waals surface area contributed by atoms with Gasteiger partial charge in [0.05, 0.1) is 12.1 Å². The largest absolute Gasteiger partial charge is 0.378 e. The molecule has 1 aliphatic carbocycles. The molecule has 0 bridgehead atoms. The maximum atomic E-state index is 12.5. The summed E-state index contributed by atoms with van der Waals surface area (Å²) in [6.07, 6.45) is 6.96. The third kappa shape index (κ3) is 2.69. The first-order valence-corrected chi connectivity index (χ1v) is 7.42. The molecule has 2 aliphatic heterocycles. The second-order valence-corrected chi connectivity index (χ2v) is 6.03. The first-order chi connectivity index (χ1) is 8.74. The normalized spacial score (nSPS) is 37.9. The molecular formula is C14H24N2O2. The fourth-order valence-corrected chi connectivity index (χ4v) is 3.21. The van der Waals surface area contributed by atoms with Crippen molar-refractivity contribution in [2.45, 2.75) is 69.7 Å². The van der Waals surface area contributed by atoms with Gasteiger partial charge in [0, 0.05) is 25.2 Å². The molecule has 1 saturated carbocycles. The molecule has 2 heterocycles. The monoisotopic (exact) mass is 252 g/mol. The Labute approximate surface area is 109 Å². The van der Waals surface area contributed by atoms with Crippen molar-refractivity contribution in [1.82, 2.24) is 10.2 Å². The minimum Gasteiger partial charge on any atom is -0.378 e. The van der Waals surface area contributed by atoms with Crippen LogP contribution in [0.25, 0.3) is 0 Å². The van der Waals surface area contributed by atoms with E-state index in [4.69, 9.17) is 4.74 Å². The molecule has 18 heavy (non-hydrogen) atoms. The molecule has 1 amide bonds. The number of rotatable bonds is 3. The molecule has 0 spiro atoms. The Morgan fingerprint density at radius 3 is 2.83 bits per heavy atom. The van der Waals surface area contributed by atoms with Crippen LogP contribution in [0.3, 0.4) is 0 Å². The van der Waals surface area contributed by atoms with Crippen LogP contribution < -0.4 is 5.32 Å². The summed E-state index contributed by atoms with van der Waals surface area (Å²) < 4.78 is 5.58.